The number of methoxy groups -OCH3 is 1. The number of aromatic nitrogens is 2. The molecule has 1 amide bonds. The first kappa shape index (κ1) is 19.2. The standard InChI is InChI=1S/C19H15F3N4O2/c1-28-16-9-5-4-8-14(16)23-17-11-10-15(25-26-17)18(27)24-13-7-3-2-6-12(13)19(20,21)22/h2-11H,1H3,(H,23,26)(H,24,27). The number of ether oxygens (including phenoxy) is 1. The van der Waals surface area contributed by atoms with Crippen molar-refractivity contribution in [3.8, 4) is 5.75 Å². The van der Waals surface area contributed by atoms with E-state index in [1.165, 1.54) is 37.4 Å². The second-order valence-electron chi connectivity index (χ2n) is 5.63. The summed E-state index contributed by atoms with van der Waals surface area (Å²) in [5.74, 6) is 0.139. The summed E-state index contributed by atoms with van der Waals surface area (Å²) in [6.07, 6.45) is -4.59. The Kier molecular flexibility index (Phi) is 5.44. The third kappa shape index (κ3) is 4.37. The van der Waals surface area contributed by atoms with Crippen LogP contribution in [0.3, 0.4) is 0 Å². The summed E-state index contributed by atoms with van der Waals surface area (Å²) in [7, 11) is 1.53. The van der Waals surface area contributed by atoms with E-state index in [2.05, 4.69) is 20.8 Å². The van der Waals surface area contributed by atoms with E-state index in [1.54, 1.807) is 18.2 Å². The lowest BCUT2D eigenvalue weighted by molar-refractivity contribution is -0.136. The van der Waals surface area contributed by atoms with E-state index >= 15 is 0 Å². The van der Waals surface area contributed by atoms with Crippen molar-refractivity contribution in [2.75, 3.05) is 17.7 Å². The van der Waals surface area contributed by atoms with E-state index in [-0.39, 0.29) is 11.4 Å². The first-order chi connectivity index (χ1) is 13.4. The average molecular weight is 388 g/mol. The van der Waals surface area contributed by atoms with Gasteiger partial charge in [-0.15, -0.1) is 10.2 Å². The quantitative estimate of drug-likeness (QED) is 0.673. The van der Waals surface area contributed by atoms with Crippen molar-refractivity contribution in [3.05, 3.63) is 71.9 Å². The fourth-order valence-corrected chi connectivity index (χ4v) is 2.43. The number of para-hydroxylation sites is 3. The summed E-state index contributed by atoms with van der Waals surface area (Å²) >= 11 is 0. The average Bonchev–Trinajstić information content (AvgIpc) is 2.68. The summed E-state index contributed by atoms with van der Waals surface area (Å²) in [5.41, 5.74) is -0.762. The molecule has 0 saturated heterocycles. The molecule has 0 aliphatic rings. The highest BCUT2D eigenvalue weighted by molar-refractivity contribution is 6.03. The van der Waals surface area contributed by atoms with Crippen molar-refractivity contribution in [2.24, 2.45) is 0 Å². The van der Waals surface area contributed by atoms with Crippen LogP contribution in [0.25, 0.3) is 0 Å². The molecule has 1 aromatic heterocycles. The van der Waals surface area contributed by atoms with E-state index in [0.717, 1.165) is 6.07 Å². The molecule has 0 bridgehead atoms. The number of nitrogens with zero attached hydrogens (tertiary/aromatic N) is 2. The molecular weight excluding hydrogens is 373 g/mol. The lowest BCUT2D eigenvalue weighted by atomic mass is 10.1. The van der Waals surface area contributed by atoms with Crippen LogP contribution < -0.4 is 15.4 Å². The second kappa shape index (κ2) is 7.95. The van der Waals surface area contributed by atoms with Crippen molar-refractivity contribution < 1.29 is 22.7 Å². The van der Waals surface area contributed by atoms with Gasteiger partial charge in [-0.2, -0.15) is 13.2 Å². The van der Waals surface area contributed by atoms with Crippen LogP contribution >= 0.6 is 0 Å². The molecule has 0 atom stereocenters. The number of amides is 1. The third-order valence-corrected chi connectivity index (χ3v) is 3.75. The monoisotopic (exact) mass is 388 g/mol. The van der Waals surface area contributed by atoms with Gasteiger partial charge in [-0.1, -0.05) is 24.3 Å². The van der Waals surface area contributed by atoms with E-state index in [9.17, 15) is 18.0 Å². The molecule has 3 aromatic rings. The molecule has 0 spiro atoms. The zero-order valence-corrected chi connectivity index (χ0v) is 14.6. The molecular formula is C19H15F3N4O2. The molecule has 2 aromatic carbocycles. The smallest absolute Gasteiger partial charge is 0.418 e. The Balaban J connectivity index is 1.75. The number of halogens is 3. The van der Waals surface area contributed by atoms with Gasteiger partial charge in [-0.25, -0.2) is 0 Å². The molecule has 0 unspecified atom stereocenters. The SMILES string of the molecule is COc1ccccc1Nc1ccc(C(=O)Nc2ccccc2C(F)(F)F)nn1. The van der Waals surface area contributed by atoms with Crippen molar-refractivity contribution in [3.63, 3.8) is 0 Å². The molecule has 2 N–H and O–H groups in total. The lowest BCUT2D eigenvalue weighted by Gasteiger charge is -2.13. The summed E-state index contributed by atoms with van der Waals surface area (Å²) < 4.78 is 44.3. The summed E-state index contributed by atoms with van der Waals surface area (Å²) in [6.45, 7) is 0. The lowest BCUT2D eigenvalue weighted by Crippen LogP contribution is -2.18. The van der Waals surface area contributed by atoms with Crippen LogP contribution in [0.2, 0.25) is 0 Å². The van der Waals surface area contributed by atoms with Gasteiger partial charge in [0.1, 0.15) is 5.75 Å². The molecule has 9 heteroatoms. The summed E-state index contributed by atoms with van der Waals surface area (Å²) in [4.78, 5) is 12.2. The van der Waals surface area contributed by atoms with Gasteiger partial charge in [0.2, 0.25) is 0 Å². The Bertz CT molecular complexity index is 975. The van der Waals surface area contributed by atoms with Gasteiger partial charge in [0.05, 0.1) is 24.0 Å². The molecule has 0 aliphatic heterocycles. The maximum absolute atomic E-state index is 13.0. The Labute approximate surface area is 158 Å². The van der Waals surface area contributed by atoms with Crippen LogP contribution in [-0.2, 0) is 6.18 Å². The van der Waals surface area contributed by atoms with Crippen LogP contribution in [0.4, 0.5) is 30.4 Å². The van der Waals surface area contributed by atoms with Crippen LogP contribution in [0.1, 0.15) is 16.1 Å². The molecule has 0 aliphatic carbocycles. The molecule has 6 nitrogen and oxygen atoms in total. The number of benzene rings is 2. The topological polar surface area (TPSA) is 76.1 Å². The normalized spacial score (nSPS) is 11.0. The minimum atomic E-state index is -4.59. The molecule has 28 heavy (non-hydrogen) atoms. The van der Waals surface area contributed by atoms with Crippen LogP contribution in [0.5, 0.6) is 5.75 Å². The molecule has 0 radical (unpaired) electrons. The van der Waals surface area contributed by atoms with Gasteiger partial charge in [-0.3, -0.25) is 4.79 Å². The number of carbonyl (C=O) groups is 1. The number of alkyl halides is 3. The fourth-order valence-electron chi connectivity index (χ4n) is 2.43. The highest BCUT2D eigenvalue weighted by atomic mass is 19.4. The molecule has 144 valence electrons. The largest absolute Gasteiger partial charge is 0.495 e. The minimum Gasteiger partial charge on any atom is -0.495 e. The molecule has 0 saturated carbocycles. The Morgan fingerprint density at radius 1 is 0.929 bits per heavy atom. The van der Waals surface area contributed by atoms with Crippen molar-refractivity contribution in [1.29, 1.82) is 0 Å². The zero-order valence-electron chi connectivity index (χ0n) is 14.6. The fraction of sp³-hybridized carbons (Fsp3) is 0.105. The van der Waals surface area contributed by atoms with Crippen molar-refractivity contribution >= 4 is 23.1 Å². The number of hydrogen-bond acceptors (Lipinski definition) is 5. The van der Waals surface area contributed by atoms with Crippen LogP contribution in [0.15, 0.2) is 60.7 Å². The van der Waals surface area contributed by atoms with Gasteiger partial charge in [0.15, 0.2) is 11.5 Å². The predicted molar refractivity (Wildman–Crippen MR) is 97.7 cm³/mol. The Hall–Kier alpha value is -3.62. The van der Waals surface area contributed by atoms with Gasteiger partial charge in [0.25, 0.3) is 5.91 Å². The Morgan fingerprint density at radius 3 is 2.25 bits per heavy atom. The maximum atomic E-state index is 13.0. The Morgan fingerprint density at radius 2 is 1.61 bits per heavy atom. The van der Waals surface area contributed by atoms with E-state index in [4.69, 9.17) is 4.74 Å². The highest BCUT2D eigenvalue weighted by Crippen LogP contribution is 2.34. The number of anilines is 3. The number of carbonyl (C=O) groups excluding carboxylic acids is 1. The van der Waals surface area contributed by atoms with Crippen LogP contribution in [0, 0.1) is 0 Å². The molecule has 0 fully saturated rings. The van der Waals surface area contributed by atoms with Gasteiger partial charge < -0.3 is 15.4 Å². The first-order valence-electron chi connectivity index (χ1n) is 8.10. The number of rotatable bonds is 5. The number of nitrogens with one attached hydrogen (secondary N) is 2. The van der Waals surface area contributed by atoms with E-state index in [1.807, 2.05) is 6.07 Å². The minimum absolute atomic E-state index is 0.123. The van der Waals surface area contributed by atoms with Crippen LogP contribution in [-0.4, -0.2) is 23.2 Å². The highest BCUT2D eigenvalue weighted by Gasteiger charge is 2.33. The van der Waals surface area contributed by atoms with E-state index in [0.29, 0.717) is 17.3 Å². The second-order valence-corrected chi connectivity index (χ2v) is 5.63. The maximum Gasteiger partial charge on any atom is 0.418 e. The zero-order chi connectivity index (χ0) is 20.1. The van der Waals surface area contributed by atoms with Crippen molar-refractivity contribution in [2.45, 2.75) is 6.18 Å². The summed E-state index contributed by atoms with van der Waals surface area (Å²) in [6, 6.07) is 14.7. The number of hydrogen-bond donors (Lipinski definition) is 2. The van der Waals surface area contributed by atoms with Gasteiger partial charge in [-0.05, 0) is 36.4 Å². The van der Waals surface area contributed by atoms with Gasteiger partial charge in [0, 0.05) is 0 Å². The van der Waals surface area contributed by atoms with Gasteiger partial charge >= 0.3 is 6.18 Å². The third-order valence-electron chi connectivity index (χ3n) is 3.75. The predicted octanol–water partition coefficient (Wildman–Crippen LogP) is 4.50. The van der Waals surface area contributed by atoms with Crippen molar-refractivity contribution in [1.82, 2.24) is 10.2 Å². The molecule has 1 heterocycles. The first-order valence-corrected chi connectivity index (χ1v) is 8.10. The summed E-state index contributed by atoms with van der Waals surface area (Å²) in [5, 5.41) is 12.9. The van der Waals surface area contributed by atoms with E-state index < -0.39 is 17.6 Å². The molecule has 3 rings (SSSR count).